The second-order valence-electron chi connectivity index (χ2n) is 7.41. The van der Waals surface area contributed by atoms with E-state index in [0.29, 0.717) is 24.5 Å². The van der Waals surface area contributed by atoms with Crippen molar-refractivity contribution in [2.75, 3.05) is 6.54 Å². The van der Waals surface area contributed by atoms with Crippen LogP contribution in [0.2, 0.25) is 0 Å². The molecular weight excluding hydrogens is 423 g/mol. The second-order valence-corrected chi connectivity index (χ2v) is 9.46. The number of benzene rings is 2. The van der Waals surface area contributed by atoms with Gasteiger partial charge in [-0.2, -0.15) is 0 Å². The number of carbonyl (C=O) groups excluding carboxylic acids is 1. The van der Waals surface area contributed by atoms with Gasteiger partial charge in [-0.15, -0.1) is 12.4 Å². The van der Waals surface area contributed by atoms with E-state index in [4.69, 9.17) is 14.8 Å². The van der Waals surface area contributed by atoms with Crippen molar-refractivity contribution < 1.29 is 18.4 Å². The Balaban J connectivity index is 0.00000320. The molecule has 3 rings (SSSR count). The van der Waals surface area contributed by atoms with Crippen LogP contribution in [-0.4, -0.2) is 29.2 Å². The van der Waals surface area contributed by atoms with Crippen molar-refractivity contribution in [3.8, 4) is 11.5 Å². The number of amides is 1. The monoisotopic (exact) mass is 452 g/mol. The van der Waals surface area contributed by atoms with Crippen LogP contribution >= 0.6 is 20.0 Å². The standard InChI is InChI=1S/C22H29N2O4P.ClH/c1-3-17(2)21(23)22(25)24-16-10-15-20(24)29(26,27-18-11-6-4-7-12-18)28-19-13-8-5-9-14-19;/h4-9,11-14,17,20-21H,3,10,15-16,23H2,1-2H3;1H/t17-,20+,21+;/m1./s1. The molecule has 3 atom stereocenters. The van der Waals surface area contributed by atoms with Gasteiger partial charge in [0.1, 0.15) is 11.5 Å². The van der Waals surface area contributed by atoms with E-state index in [1.807, 2.05) is 26.0 Å². The molecule has 1 aliphatic rings. The van der Waals surface area contributed by atoms with Gasteiger partial charge in [0.05, 0.1) is 6.04 Å². The van der Waals surface area contributed by atoms with Crippen LogP contribution in [-0.2, 0) is 9.36 Å². The van der Waals surface area contributed by atoms with Crippen LogP contribution in [0.15, 0.2) is 60.7 Å². The Morgan fingerprint density at radius 1 is 1.10 bits per heavy atom. The van der Waals surface area contributed by atoms with Gasteiger partial charge in [-0.1, -0.05) is 56.7 Å². The topological polar surface area (TPSA) is 81.9 Å². The van der Waals surface area contributed by atoms with Gasteiger partial charge >= 0.3 is 7.60 Å². The SMILES string of the molecule is CC[C@@H](C)[C@H](N)C(=O)N1CCC[C@@H]1P(=O)(Oc1ccccc1)Oc1ccccc1.Cl. The van der Waals surface area contributed by atoms with Crippen LogP contribution < -0.4 is 14.8 Å². The molecule has 1 heterocycles. The van der Waals surface area contributed by atoms with E-state index in [1.54, 1.807) is 53.4 Å². The lowest BCUT2D eigenvalue weighted by Gasteiger charge is -2.33. The number of hydrogen-bond acceptors (Lipinski definition) is 5. The molecule has 0 unspecified atom stereocenters. The molecule has 2 N–H and O–H groups in total. The molecule has 8 heteroatoms. The summed E-state index contributed by atoms with van der Waals surface area (Å²) in [5.74, 6) is 0.0451. The van der Waals surface area contributed by atoms with Crippen LogP contribution in [0.1, 0.15) is 33.1 Å². The maximum Gasteiger partial charge on any atom is 0.453 e. The van der Waals surface area contributed by atoms with Crippen molar-refractivity contribution in [1.82, 2.24) is 4.90 Å². The first kappa shape index (κ1) is 24.3. The van der Waals surface area contributed by atoms with Crippen molar-refractivity contribution in [2.45, 2.75) is 44.9 Å². The largest absolute Gasteiger partial charge is 0.453 e. The summed E-state index contributed by atoms with van der Waals surface area (Å²) in [4.78, 5) is 14.7. The van der Waals surface area contributed by atoms with Crippen LogP contribution in [0.5, 0.6) is 11.5 Å². The molecule has 1 fully saturated rings. The van der Waals surface area contributed by atoms with Crippen molar-refractivity contribution in [2.24, 2.45) is 11.7 Å². The number of rotatable bonds is 8. The highest BCUT2D eigenvalue weighted by Crippen LogP contribution is 2.57. The zero-order valence-electron chi connectivity index (χ0n) is 17.3. The third-order valence-corrected chi connectivity index (χ3v) is 7.56. The van der Waals surface area contributed by atoms with Gasteiger partial charge in [0.15, 0.2) is 5.78 Å². The third kappa shape index (κ3) is 5.57. The Bertz CT molecular complexity index is 807. The maximum atomic E-state index is 14.1. The zero-order valence-corrected chi connectivity index (χ0v) is 19.1. The Morgan fingerprint density at radius 3 is 2.07 bits per heavy atom. The Kier molecular flexibility index (Phi) is 8.78. The highest BCUT2D eigenvalue weighted by atomic mass is 35.5. The lowest BCUT2D eigenvalue weighted by molar-refractivity contribution is -0.133. The minimum Gasteiger partial charge on any atom is -0.415 e. The van der Waals surface area contributed by atoms with Gasteiger partial charge < -0.3 is 19.7 Å². The first-order valence-corrected chi connectivity index (χ1v) is 11.7. The molecule has 164 valence electrons. The Labute approximate surface area is 184 Å². The van der Waals surface area contributed by atoms with E-state index in [1.165, 1.54) is 0 Å². The van der Waals surface area contributed by atoms with Crippen molar-refractivity contribution in [1.29, 1.82) is 0 Å². The molecule has 2 aromatic carbocycles. The molecule has 1 aliphatic heterocycles. The van der Waals surface area contributed by atoms with Gasteiger partial charge in [-0.25, -0.2) is 4.57 Å². The highest BCUT2D eigenvalue weighted by molar-refractivity contribution is 7.55. The quantitative estimate of drug-likeness (QED) is 0.565. The number of hydrogen-bond donors (Lipinski definition) is 1. The van der Waals surface area contributed by atoms with E-state index in [9.17, 15) is 9.36 Å². The Hall–Kier alpha value is -2.01. The second kappa shape index (κ2) is 10.9. The summed E-state index contributed by atoms with van der Waals surface area (Å²) in [7, 11) is -3.75. The fraction of sp³-hybridized carbons (Fsp3) is 0.409. The van der Waals surface area contributed by atoms with Gasteiger partial charge in [0.2, 0.25) is 5.91 Å². The first-order valence-electron chi connectivity index (χ1n) is 10.1. The van der Waals surface area contributed by atoms with Crippen LogP contribution in [0, 0.1) is 5.92 Å². The van der Waals surface area contributed by atoms with Gasteiger partial charge in [0.25, 0.3) is 0 Å². The molecule has 0 bridgehead atoms. The van der Waals surface area contributed by atoms with E-state index >= 15 is 0 Å². The maximum absolute atomic E-state index is 14.1. The van der Waals surface area contributed by atoms with Crippen molar-refractivity contribution in [3.05, 3.63) is 60.7 Å². The minimum atomic E-state index is -3.75. The molecule has 0 radical (unpaired) electrons. The number of para-hydroxylation sites is 2. The van der Waals surface area contributed by atoms with Crippen LogP contribution in [0.3, 0.4) is 0 Å². The zero-order chi connectivity index (χ0) is 20.9. The lowest BCUT2D eigenvalue weighted by atomic mass is 9.99. The molecule has 0 saturated carbocycles. The normalized spacial score (nSPS) is 18.2. The number of carbonyl (C=O) groups is 1. The molecule has 0 spiro atoms. The molecule has 0 aromatic heterocycles. The molecular formula is C22H30ClN2O4P. The molecule has 6 nitrogen and oxygen atoms in total. The van der Waals surface area contributed by atoms with Crippen LogP contribution in [0.4, 0.5) is 0 Å². The van der Waals surface area contributed by atoms with E-state index in [-0.39, 0.29) is 24.2 Å². The first-order chi connectivity index (χ1) is 13.9. The van der Waals surface area contributed by atoms with Gasteiger partial charge in [0, 0.05) is 6.54 Å². The predicted molar refractivity (Wildman–Crippen MR) is 121 cm³/mol. The lowest BCUT2D eigenvalue weighted by Crippen LogP contribution is -2.49. The summed E-state index contributed by atoms with van der Waals surface area (Å²) in [6.07, 6.45) is 2.06. The van der Waals surface area contributed by atoms with Crippen molar-refractivity contribution in [3.63, 3.8) is 0 Å². The molecule has 0 aliphatic carbocycles. The third-order valence-electron chi connectivity index (χ3n) is 5.36. The van der Waals surface area contributed by atoms with Crippen molar-refractivity contribution >= 4 is 25.9 Å². The summed E-state index contributed by atoms with van der Waals surface area (Å²) in [5.41, 5.74) is 6.20. The number of nitrogens with zero attached hydrogens (tertiary/aromatic N) is 1. The van der Waals surface area contributed by atoms with Gasteiger partial charge in [-0.3, -0.25) is 4.79 Å². The fourth-order valence-corrected chi connectivity index (χ4v) is 5.60. The molecule has 1 amide bonds. The van der Waals surface area contributed by atoms with E-state index in [0.717, 1.165) is 12.8 Å². The highest BCUT2D eigenvalue weighted by Gasteiger charge is 2.48. The molecule has 1 saturated heterocycles. The predicted octanol–water partition coefficient (Wildman–Crippen LogP) is 5.08. The summed E-state index contributed by atoms with van der Waals surface area (Å²) >= 11 is 0. The summed E-state index contributed by atoms with van der Waals surface area (Å²) in [6, 6.07) is 17.2. The molecule has 2 aromatic rings. The number of likely N-dealkylation sites (tertiary alicyclic amines) is 1. The van der Waals surface area contributed by atoms with Gasteiger partial charge in [-0.05, 0) is 43.0 Å². The number of nitrogens with two attached hydrogens (primary N) is 1. The molecule has 30 heavy (non-hydrogen) atoms. The number of halogens is 1. The summed E-state index contributed by atoms with van der Waals surface area (Å²) in [5, 5.41) is 0. The smallest absolute Gasteiger partial charge is 0.415 e. The summed E-state index contributed by atoms with van der Waals surface area (Å²) < 4.78 is 25.9. The van der Waals surface area contributed by atoms with E-state index < -0.39 is 19.4 Å². The van der Waals surface area contributed by atoms with E-state index in [2.05, 4.69) is 0 Å². The Morgan fingerprint density at radius 2 is 1.60 bits per heavy atom. The van der Waals surface area contributed by atoms with Crippen LogP contribution in [0.25, 0.3) is 0 Å². The average molecular weight is 453 g/mol. The fourth-order valence-electron chi connectivity index (χ4n) is 3.42. The average Bonchev–Trinajstić information content (AvgIpc) is 3.24. The summed E-state index contributed by atoms with van der Waals surface area (Å²) in [6.45, 7) is 4.45. The minimum absolute atomic E-state index is 0.